The van der Waals surface area contributed by atoms with Crippen molar-refractivity contribution in [1.82, 2.24) is 0 Å². The first-order valence-electron chi connectivity index (χ1n) is 4.37. The van der Waals surface area contributed by atoms with Gasteiger partial charge in [-0.05, 0) is 18.1 Å². The molecule has 0 bridgehead atoms. The Morgan fingerprint density at radius 3 is 3.07 bits per heavy atom. The fourth-order valence-corrected chi connectivity index (χ4v) is 1.70. The number of ether oxygens (including phenoxy) is 1. The average Bonchev–Trinajstić information content (AvgIpc) is 2.62. The molecule has 1 amide bonds. The van der Waals surface area contributed by atoms with Gasteiger partial charge in [-0.25, -0.2) is 9.18 Å². The number of halogens is 1. The molecule has 0 aliphatic carbocycles. The normalized spacial score (nSPS) is 14.0. The molecular formula is C10H10FNO2. The van der Waals surface area contributed by atoms with Gasteiger partial charge in [0.05, 0.1) is 12.8 Å². The van der Waals surface area contributed by atoms with Crippen molar-refractivity contribution in [2.75, 3.05) is 18.6 Å². The Balaban J connectivity index is 2.43. The third-order valence-corrected chi connectivity index (χ3v) is 2.34. The molecule has 0 saturated heterocycles. The molecule has 1 aromatic carbocycles. The van der Waals surface area contributed by atoms with Crippen LogP contribution in [0.15, 0.2) is 18.2 Å². The van der Waals surface area contributed by atoms with Gasteiger partial charge < -0.3 is 4.74 Å². The summed E-state index contributed by atoms with van der Waals surface area (Å²) in [6.07, 6.45) is 0.177. The number of amides is 1. The molecule has 4 heteroatoms. The first-order chi connectivity index (χ1) is 6.74. The van der Waals surface area contributed by atoms with Crippen molar-refractivity contribution in [1.29, 1.82) is 0 Å². The van der Waals surface area contributed by atoms with Crippen LogP contribution in [0.25, 0.3) is 0 Å². The van der Waals surface area contributed by atoms with E-state index >= 15 is 0 Å². The maximum Gasteiger partial charge on any atom is 0.414 e. The molecule has 0 N–H and O–H groups in total. The van der Waals surface area contributed by atoms with Gasteiger partial charge in [0.15, 0.2) is 0 Å². The van der Waals surface area contributed by atoms with Crippen molar-refractivity contribution >= 4 is 11.8 Å². The van der Waals surface area contributed by atoms with Gasteiger partial charge in [-0.15, -0.1) is 0 Å². The summed E-state index contributed by atoms with van der Waals surface area (Å²) in [5, 5.41) is 0. The van der Waals surface area contributed by atoms with Crippen molar-refractivity contribution in [2.45, 2.75) is 6.42 Å². The van der Waals surface area contributed by atoms with Gasteiger partial charge in [-0.1, -0.05) is 12.1 Å². The van der Waals surface area contributed by atoms with Crippen molar-refractivity contribution in [3.8, 4) is 0 Å². The Morgan fingerprint density at radius 2 is 2.36 bits per heavy atom. The quantitative estimate of drug-likeness (QED) is 0.633. The smallest absolute Gasteiger partial charge is 0.414 e. The Morgan fingerprint density at radius 1 is 1.57 bits per heavy atom. The highest BCUT2D eigenvalue weighted by molar-refractivity contribution is 5.90. The molecule has 1 heterocycles. The van der Waals surface area contributed by atoms with Crippen LogP contribution in [-0.2, 0) is 11.2 Å². The fraction of sp³-hybridized carbons (Fsp3) is 0.300. The predicted octanol–water partition coefficient (Wildman–Crippen LogP) is 1.95. The van der Waals surface area contributed by atoms with Gasteiger partial charge in [0.25, 0.3) is 0 Å². The van der Waals surface area contributed by atoms with Crippen molar-refractivity contribution < 1.29 is 13.9 Å². The second-order valence-electron chi connectivity index (χ2n) is 3.12. The zero-order valence-corrected chi connectivity index (χ0v) is 7.79. The van der Waals surface area contributed by atoms with E-state index in [2.05, 4.69) is 4.74 Å². The molecule has 1 aliphatic rings. The van der Waals surface area contributed by atoms with Crippen LogP contribution in [0.1, 0.15) is 5.56 Å². The number of fused-ring (bicyclic) bond motifs is 1. The topological polar surface area (TPSA) is 29.5 Å². The summed E-state index contributed by atoms with van der Waals surface area (Å²) >= 11 is 0. The molecule has 0 radical (unpaired) electrons. The monoisotopic (exact) mass is 195 g/mol. The van der Waals surface area contributed by atoms with E-state index in [4.69, 9.17) is 0 Å². The number of nitrogens with zero attached hydrogens (tertiary/aromatic N) is 1. The van der Waals surface area contributed by atoms with E-state index in [0.29, 0.717) is 18.7 Å². The molecule has 0 unspecified atom stereocenters. The summed E-state index contributed by atoms with van der Waals surface area (Å²) in [5.41, 5.74) is 1.22. The van der Waals surface area contributed by atoms with E-state index in [1.54, 1.807) is 6.07 Å². The molecule has 74 valence electrons. The van der Waals surface area contributed by atoms with Gasteiger partial charge in [-0.2, -0.15) is 0 Å². The lowest BCUT2D eigenvalue weighted by atomic mass is 10.2. The minimum atomic E-state index is -0.506. The van der Waals surface area contributed by atoms with Crippen molar-refractivity contribution in [2.24, 2.45) is 0 Å². The highest BCUT2D eigenvalue weighted by Gasteiger charge is 2.27. The number of hydrogen-bond acceptors (Lipinski definition) is 2. The van der Waals surface area contributed by atoms with Crippen LogP contribution < -0.4 is 4.90 Å². The van der Waals surface area contributed by atoms with Crippen LogP contribution in [0.4, 0.5) is 14.9 Å². The van der Waals surface area contributed by atoms with E-state index in [9.17, 15) is 9.18 Å². The van der Waals surface area contributed by atoms with Crippen molar-refractivity contribution in [3.63, 3.8) is 0 Å². The first kappa shape index (κ1) is 8.99. The maximum absolute atomic E-state index is 13.4. The molecular weight excluding hydrogens is 185 g/mol. The van der Waals surface area contributed by atoms with Gasteiger partial charge in [0.1, 0.15) is 5.82 Å². The fourth-order valence-electron chi connectivity index (χ4n) is 1.70. The van der Waals surface area contributed by atoms with E-state index < -0.39 is 6.09 Å². The summed E-state index contributed by atoms with van der Waals surface area (Å²) in [6.45, 7) is 0.489. The lowest BCUT2D eigenvalue weighted by molar-refractivity contribution is 0.179. The van der Waals surface area contributed by atoms with Crippen LogP contribution in [0, 0.1) is 5.82 Å². The molecule has 0 atom stereocenters. The Kier molecular flexibility index (Phi) is 2.11. The minimum Gasteiger partial charge on any atom is -0.452 e. The van der Waals surface area contributed by atoms with Gasteiger partial charge in [0, 0.05) is 6.54 Å². The van der Waals surface area contributed by atoms with Crippen LogP contribution in [-0.4, -0.2) is 19.7 Å². The molecule has 0 fully saturated rings. The van der Waals surface area contributed by atoms with Crippen molar-refractivity contribution in [3.05, 3.63) is 29.6 Å². The number of hydrogen-bond donors (Lipinski definition) is 0. The zero-order valence-electron chi connectivity index (χ0n) is 7.79. The van der Waals surface area contributed by atoms with Gasteiger partial charge >= 0.3 is 6.09 Å². The van der Waals surface area contributed by atoms with E-state index in [1.165, 1.54) is 18.1 Å². The third kappa shape index (κ3) is 1.23. The summed E-state index contributed by atoms with van der Waals surface area (Å²) in [7, 11) is 1.29. The molecule has 3 nitrogen and oxygen atoms in total. The van der Waals surface area contributed by atoms with Crippen LogP contribution >= 0.6 is 0 Å². The number of rotatable bonds is 0. The standard InChI is InChI=1S/C10H10FNO2/c1-14-10(13)12-6-5-7-3-2-4-8(11)9(7)12/h2-4H,5-6H2,1H3. The first-order valence-corrected chi connectivity index (χ1v) is 4.37. The lowest BCUT2D eigenvalue weighted by Crippen LogP contribution is -2.29. The largest absolute Gasteiger partial charge is 0.452 e. The number of methoxy groups -OCH3 is 1. The molecule has 2 rings (SSSR count). The predicted molar refractivity (Wildman–Crippen MR) is 49.9 cm³/mol. The van der Waals surface area contributed by atoms with Gasteiger partial charge in [-0.3, -0.25) is 4.90 Å². The van der Waals surface area contributed by atoms with Crippen LogP contribution in [0.2, 0.25) is 0 Å². The molecule has 0 saturated carbocycles. The summed E-state index contributed by atoms with van der Waals surface area (Å²) < 4.78 is 18.0. The van der Waals surface area contributed by atoms with Crippen LogP contribution in [0.3, 0.4) is 0 Å². The molecule has 1 aliphatic heterocycles. The Labute approximate surface area is 81.1 Å². The van der Waals surface area contributed by atoms with Crippen LogP contribution in [0.5, 0.6) is 0 Å². The van der Waals surface area contributed by atoms with E-state index in [1.807, 2.05) is 6.07 Å². The number of benzene rings is 1. The van der Waals surface area contributed by atoms with Gasteiger partial charge in [0.2, 0.25) is 0 Å². The second-order valence-corrected chi connectivity index (χ2v) is 3.12. The Hall–Kier alpha value is -1.58. The summed E-state index contributed by atoms with van der Waals surface area (Å²) in [4.78, 5) is 12.6. The second kappa shape index (κ2) is 3.29. The molecule has 14 heavy (non-hydrogen) atoms. The zero-order chi connectivity index (χ0) is 10.1. The average molecular weight is 195 g/mol. The van der Waals surface area contributed by atoms with E-state index in [-0.39, 0.29) is 5.82 Å². The molecule has 1 aromatic rings. The number of carbonyl (C=O) groups excluding carboxylic acids is 1. The highest BCUT2D eigenvalue weighted by atomic mass is 19.1. The lowest BCUT2D eigenvalue weighted by Gasteiger charge is -2.15. The van der Waals surface area contributed by atoms with E-state index in [0.717, 1.165) is 5.56 Å². The number of carbonyl (C=O) groups is 1. The molecule has 0 aromatic heterocycles. The number of para-hydroxylation sites is 1. The maximum atomic E-state index is 13.4. The SMILES string of the molecule is COC(=O)N1CCc2cccc(F)c21. The highest BCUT2D eigenvalue weighted by Crippen LogP contribution is 2.30. The molecule has 0 spiro atoms. The summed E-state index contributed by atoms with van der Waals surface area (Å²) in [5.74, 6) is -0.370. The third-order valence-electron chi connectivity index (χ3n) is 2.34. The Bertz CT molecular complexity index is 378. The summed E-state index contributed by atoms with van der Waals surface area (Å²) in [6, 6.07) is 4.82. The number of anilines is 1. The minimum absolute atomic E-state index is 0.361.